The highest BCUT2D eigenvalue weighted by Crippen LogP contribution is 2.36. The van der Waals surface area contributed by atoms with Gasteiger partial charge in [-0.1, -0.05) is 41.9 Å². The Morgan fingerprint density at radius 1 is 1.19 bits per heavy atom. The van der Waals surface area contributed by atoms with Gasteiger partial charge in [0.05, 0.1) is 33.3 Å². The molecule has 1 amide bonds. The van der Waals surface area contributed by atoms with E-state index in [0.29, 0.717) is 16.5 Å². The molecule has 0 unspecified atom stereocenters. The van der Waals surface area contributed by atoms with Gasteiger partial charge in [-0.3, -0.25) is 4.79 Å². The van der Waals surface area contributed by atoms with Gasteiger partial charge < -0.3 is 19.7 Å². The number of rotatable bonds is 8. The summed E-state index contributed by atoms with van der Waals surface area (Å²) in [6.07, 6.45) is 3.20. The number of carbonyl (C=O) groups is 1. The molecule has 2 N–H and O–H groups in total. The smallest absolute Gasteiger partial charge is 0.244 e. The summed E-state index contributed by atoms with van der Waals surface area (Å²) in [4.78, 5) is 13.7. The van der Waals surface area contributed by atoms with E-state index in [0.717, 1.165) is 17.7 Å². The molecule has 0 fully saturated rings. The van der Waals surface area contributed by atoms with Crippen molar-refractivity contribution in [3.05, 3.63) is 64.7 Å². The predicted octanol–water partition coefficient (Wildman–Crippen LogP) is 2.37. The van der Waals surface area contributed by atoms with Crippen LogP contribution in [0.4, 0.5) is 0 Å². The van der Waals surface area contributed by atoms with E-state index in [1.54, 1.807) is 25.3 Å². The molecule has 144 valence electrons. The van der Waals surface area contributed by atoms with Crippen molar-refractivity contribution in [2.24, 2.45) is 0 Å². The summed E-state index contributed by atoms with van der Waals surface area (Å²) in [6, 6.07) is 13.4. The molecular weight excluding hydrogens is 364 g/mol. The van der Waals surface area contributed by atoms with Crippen molar-refractivity contribution in [3.8, 4) is 11.5 Å². The molecule has 2 aromatic rings. The lowest BCUT2D eigenvalue weighted by atomic mass is 10.1. The van der Waals surface area contributed by atoms with Gasteiger partial charge in [-0.25, -0.2) is 0 Å². The number of carbonyl (C=O) groups excluding carboxylic acids is 1. The number of amides is 1. The first kappa shape index (κ1) is 20.8. The van der Waals surface area contributed by atoms with Crippen molar-refractivity contribution in [1.29, 1.82) is 0 Å². The Kier molecular flexibility index (Phi) is 7.70. The van der Waals surface area contributed by atoms with E-state index in [1.165, 1.54) is 18.1 Å². The van der Waals surface area contributed by atoms with Crippen LogP contribution >= 0.6 is 11.6 Å². The van der Waals surface area contributed by atoms with Gasteiger partial charge in [-0.2, -0.15) is 0 Å². The number of benzene rings is 2. The molecule has 0 heterocycles. The highest BCUT2D eigenvalue weighted by Gasteiger charge is 2.16. The molecule has 0 saturated heterocycles. The van der Waals surface area contributed by atoms with Crippen LogP contribution < -0.4 is 19.7 Å². The lowest BCUT2D eigenvalue weighted by molar-refractivity contribution is -0.860. The van der Waals surface area contributed by atoms with Crippen molar-refractivity contribution in [3.63, 3.8) is 0 Å². The number of hydrogen-bond donors (Lipinski definition) is 2. The first-order valence-corrected chi connectivity index (χ1v) is 9.06. The van der Waals surface area contributed by atoms with Crippen LogP contribution in [-0.4, -0.2) is 40.8 Å². The number of quaternary nitrogens is 1. The second kappa shape index (κ2) is 10.00. The number of likely N-dealkylation sites (N-methyl/N-ethyl adjacent to an activating group) is 1. The van der Waals surface area contributed by atoms with E-state index in [1.807, 2.05) is 30.3 Å². The maximum absolute atomic E-state index is 12.4. The first-order valence-electron chi connectivity index (χ1n) is 8.68. The Bertz CT molecular complexity index is 792. The zero-order valence-corrected chi connectivity index (χ0v) is 16.8. The first-order chi connectivity index (χ1) is 12.9. The number of halogens is 1. The molecule has 0 saturated carbocycles. The van der Waals surface area contributed by atoms with E-state index in [-0.39, 0.29) is 11.9 Å². The highest BCUT2D eigenvalue weighted by molar-refractivity contribution is 6.32. The fourth-order valence-electron chi connectivity index (χ4n) is 2.77. The standard InChI is InChI=1S/C21H25ClN2O3/c1-24(2)14-18(16-8-6-5-7-9-16)23-20(25)11-10-15-12-17(22)21(27-4)19(13-15)26-3/h5-13,18H,14H2,1-4H3,(H,23,25)/p+1/b11-10+/t18-/m0/s1. The second-order valence-corrected chi connectivity index (χ2v) is 6.86. The topological polar surface area (TPSA) is 52.0 Å². The van der Waals surface area contributed by atoms with Gasteiger partial charge in [0, 0.05) is 6.08 Å². The van der Waals surface area contributed by atoms with Crippen LogP contribution in [0.2, 0.25) is 5.02 Å². The van der Waals surface area contributed by atoms with Gasteiger partial charge in [0.15, 0.2) is 11.5 Å². The summed E-state index contributed by atoms with van der Waals surface area (Å²) in [6.45, 7) is 0.784. The quantitative estimate of drug-likeness (QED) is 0.681. The van der Waals surface area contributed by atoms with Gasteiger partial charge in [-0.15, -0.1) is 0 Å². The Balaban J connectivity index is 2.14. The van der Waals surface area contributed by atoms with Crippen LogP contribution in [0.3, 0.4) is 0 Å². The average molecular weight is 390 g/mol. The van der Waals surface area contributed by atoms with Crippen LogP contribution in [0.1, 0.15) is 17.2 Å². The predicted molar refractivity (Wildman–Crippen MR) is 109 cm³/mol. The molecule has 27 heavy (non-hydrogen) atoms. The third-order valence-corrected chi connectivity index (χ3v) is 4.29. The molecule has 0 aliphatic rings. The maximum atomic E-state index is 12.4. The van der Waals surface area contributed by atoms with E-state index >= 15 is 0 Å². The third-order valence-electron chi connectivity index (χ3n) is 4.01. The largest absolute Gasteiger partial charge is 0.493 e. The molecule has 0 spiro atoms. The summed E-state index contributed by atoms with van der Waals surface area (Å²) < 4.78 is 10.5. The molecule has 2 rings (SSSR count). The lowest BCUT2D eigenvalue weighted by Gasteiger charge is -2.20. The van der Waals surface area contributed by atoms with Crippen LogP contribution in [0.5, 0.6) is 11.5 Å². The summed E-state index contributed by atoms with van der Waals surface area (Å²) in [7, 11) is 7.19. The van der Waals surface area contributed by atoms with Crippen molar-refractivity contribution in [2.75, 3.05) is 34.9 Å². The highest BCUT2D eigenvalue weighted by atomic mass is 35.5. The van der Waals surface area contributed by atoms with E-state index in [2.05, 4.69) is 19.4 Å². The molecule has 0 aromatic heterocycles. The minimum Gasteiger partial charge on any atom is -0.493 e. The second-order valence-electron chi connectivity index (χ2n) is 6.45. The normalized spacial score (nSPS) is 12.2. The Morgan fingerprint density at radius 3 is 2.48 bits per heavy atom. The van der Waals surface area contributed by atoms with Crippen molar-refractivity contribution >= 4 is 23.6 Å². The number of nitrogens with one attached hydrogen (secondary N) is 2. The van der Waals surface area contributed by atoms with E-state index in [4.69, 9.17) is 21.1 Å². The zero-order chi connectivity index (χ0) is 19.8. The van der Waals surface area contributed by atoms with E-state index in [9.17, 15) is 4.79 Å². The van der Waals surface area contributed by atoms with Crippen molar-refractivity contribution < 1.29 is 19.2 Å². The van der Waals surface area contributed by atoms with Gasteiger partial charge in [0.1, 0.15) is 12.6 Å². The molecule has 0 bridgehead atoms. The molecule has 0 radical (unpaired) electrons. The van der Waals surface area contributed by atoms with Crippen LogP contribution in [0, 0.1) is 0 Å². The minimum absolute atomic E-state index is 0.0673. The molecule has 1 atom stereocenters. The van der Waals surface area contributed by atoms with Crippen LogP contribution in [0.25, 0.3) is 6.08 Å². The monoisotopic (exact) mass is 389 g/mol. The van der Waals surface area contributed by atoms with E-state index < -0.39 is 0 Å². The van der Waals surface area contributed by atoms with Crippen molar-refractivity contribution in [2.45, 2.75) is 6.04 Å². The molecule has 0 aliphatic carbocycles. The van der Waals surface area contributed by atoms with Crippen LogP contribution in [0.15, 0.2) is 48.5 Å². The van der Waals surface area contributed by atoms with Gasteiger partial charge in [0.2, 0.25) is 5.91 Å². The molecular formula is C21H26ClN2O3+. The fourth-order valence-corrected chi connectivity index (χ4v) is 3.07. The number of hydrogen-bond acceptors (Lipinski definition) is 3. The molecule has 0 aliphatic heterocycles. The van der Waals surface area contributed by atoms with Gasteiger partial charge in [0.25, 0.3) is 0 Å². The van der Waals surface area contributed by atoms with Gasteiger partial charge in [-0.05, 0) is 29.3 Å². The Hall–Kier alpha value is -2.50. The lowest BCUT2D eigenvalue weighted by Crippen LogP contribution is -3.06. The summed E-state index contributed by atoms with van der Waals surface area (Å²) >= 11 is 6.21. The minimum atomic E-state index is -0.170. The molecule has 5 nitrogen and oxygen atoms in total. The number of methoxy groups -OCH3 is 2. The Labute approximate surface area is 165 Å². The molecule has 6 heteroatoms. The summed E-state index contributed by atoms with van der Waals surface area (Å²) in [5.74, 6) is 0.818. The van der Waals surface area contributed by atoms with Crippen molar-refractivity contribution in [1.82, 2.24) is 5.32 Å². The number of ether oxygens (including phenoxy) is 2. The molecule has 2 aromatic carbocycles. The van der Waals surface area contributed by atoms with Gasteiger partial charge >= 0.3 is 0 Å². The zero-order valence-electron chi connectivity index (χ0n) is 16.1. The average Bonchev–Trinajstić information content (AvgIpc) is 2.65. The Morgan fingerprint density at radius 2 is 1.89 bits per heavy atom. The summed E-state index contributed by atoms with van der Waals surface area (Å²) in [5, 5.41) is 3.49. The fraction of sp³-hybridized carbons (Fsp3) is 0.286. The SMILES string of the molecule is COc1cc(/C=C/C(=O)N[C@@H](C[NH+](C)C)c2ccccc2)cc(Cl)c1OC. The maximum Gasteiger partial charge on any atom is 0.244 e. The van der Waals surface area contributed by atoms with Crippen LogP contribution in [-0.2, 0) is 4.79 Å². The summed E-state index contributed by atoms with van der Waals surface area (Å²) in [5.41, 5.74) is 1.83. The third kappa shape index (κ3) is 6.01.